The number of pyridine rings is 1. The van der Waals surface area contributed by atoms with Gasteiger partial charge in [0.25, 0.3) is 5.91 Å². The number of imide groups is 1. The average molecular weight is 313 g/mol. The largest absolute Gasteiger partial charge is 0.449 e. The maximum Gasteiger partial charge on any atom is 0.340 e. The van der Waals surface area contributed by atoms with Gasteiger partial charge in [0.1, 0.15) is 0 Å². The number of anilines is 1. The Morgan fingerprint density at radius 1 is 1.09 bits per heavy atom. The summed E-state index contributed by atoms with van der Waals surface area (Å²) >= 11 is 0. The molecule has 2 aromatic rings. The zero-order valence-corrected chi connectivity index (χ0v) is 12.4. The lowest BCUT2D eigenvalue weighted by Gasteiger charge is -2.13. The van der Waals surface area contributed by atoms with E-state index in [0.717, 1.165) is 0 Å². The summed E-state index contributed by atoms with van der Waals surface area (Å²) in [5.74, 6) is -1.42. The molecule has 0 saturated carbocycles. The van der Waals surface area contributed by atoms with E-state index in [4.69, 9.17) is 4.74 Å². The maximum atomic E-state index is 11.8. The molecule has 7 heteroatoms. The molecule has 0 unspecified atom stereocenters. The quantitative estimate of drug-likeness (QED) is 0.841. The van der Waals surface area contributed by atoms with Gasteiger partial charge in [0.2, 0.25) is 0 Å². The minimum absolute atomic E-state index is 0.223. The van der Waals surface area contributed by atoms with Gasteiger partial charge in [0, 0.05) is 18.1 Å². The van der Waals surface area contributed by atoms with Gasteiger partial charge in [-0.2, -0.15) is 0 Å². The number of rotatable bonds is 4. The molecule has 3 amide bonds. The Morgan fingerprint density at radius 2 is 1.83 bits per heavy atom. The Kier molecular flexibility index (Phi) is 5.40. The molecule has 2 rings (SSSR count). The first-order chi connectivity index (χ1) is 11.1. The number of carbonyl (C=O) groups is 3. The molecule has 2 N–H and O–H groups in total. The molecule has 0 aliphatic carbocycles. The van der Waals surface area contributed by atoms with E-state index < -0.39 is 24.0 Å². The van der Waals surface area contributed by atoms with Gasteiger partial charge in [-0.05, 0) is 31.2 Å². The van der Waals surface area contributed by atoms with Crippen molar-refractivity contribution >= 4 is 23.6 Å². The molecule has 1 aromatic heterocycles. The van der Waals surface area contributed by atoms with E-state index in [-0.39, 0.29) is 5.56 Å². The highest BCUT2D eigenvalue weighted by atomic mass is 16.5. The zero-order valence-electron chi connectivity index (χ0n) is 12.4. The smallest absolute Gasteiger partial charge is 0.340 e. The Bertz CT molecular complexity index is 689. The Morgan fingerprint density at radius 3 is 2.48 bits per heavy atom. The van der Waals surface area contributed by atoms with Crippen molar-refractivity contribution in [2.75, 3.05) is 5.32 Å². The summed E-state index contributed by atoms with van der Waals surface area (Å²) in [4.78, 5) is 39.1. The molecule has 1 aromatic carbocycles. The van der Waals surface area contributed by atoms with Crippen LogP contribution in [0.3, 0.4) is 0 Å². The summed E-state index contributed by atoms with van der Waals surface area (Å²) in [6.07, 6.45) is 1.72. The van der Waals surface area contributed by atoms with Crippen LogP contribution in [0.1, 0.15) is 17.3 Å². The molecule has 0 aliphatic rings. The summed E-state index contributed by atoms with van der Waals surface area (Å²) in [6, 6.07) is 11.0. The summed E-state index contributed by atoms with van der Waals surface area (Å²) in [7, 11) is 0. The second-order valence-corrected chi connectivity index (χ2v) is 4.60. The lowest BCUT2D eigenvalue weighted by Crippen LogP contribution is -2.41. The molecule has 0 aliphatic heterocycles. The number of para-hydroxylation sites is 1. The Labute approximate surface area is 132 Å². The van der Waals surface area contributed by atoms with Crippen LogP contribution in [-0.2, 0) is 9.53 Å². The number of benzene rings is 1. The van der Waals surface area contributed by atoms with Crippen molar-refractivity contribution in [3.05, 3.63) is 60.4 Å². The van der Waals surface area contributed by atoms with Gasteiger partial charge in [0.15, 0.2) is 6.10 Å². The SMILES string of the molecule is C[C@H](OC(=O)c1cccnc1)C(=O)NC(=O)Nc1ccccc1. The van der Waals surface area contributed by atoms with Crippen LogP contribution in [0.2, 0.25) is 0 Å². The average Bonchev–Trinajstić information content (AvgIpc) is 2.56. The third kappa shape index (κ3) is 4.92. The number of carbonyl (C=O) groups excluding carboxylic acids is 3. The van der Waals surface area contributed by atoms with Gasteiger partial charge in [-0.1, -0.05) is 18.2 Å². The molecule has 0 radical (unpaired) electrons. The predicted octanol–water partition coefficient (Wildman–Crippen LogP) is 1.98. The Balaban J connectivity index is 1.85. The molecule has 0 saturated heterocycles. The lowest BCUT2D eigenvalue weighted by molar-refractivity contribution is -0.127. The summed E-state index contributed by atoms with van der Waals surface area (Å²) in [5.41, 5.74) is 0.763. The highest BCUT2D eigenvalue weighted by Gasteiger charge is 2.20. The number of aromatic nitrogens is 1. The monoisotopic (exact) mass is 313 g/mol. The summed E-state index contributed by atoms with van der Waals surface area (Å²) in [6.45, 7) is 1.37. The maximum absolute atomic E-state index is 11.8. The van der Waals surface area contributed by atoms with E-state index in [2.05, 4.69) is 15.6 Å². The second-order valence-electron chi connectivity index (χ2n) is 4.60. The van der Waals surface area contributed by atoms with E-state index >= 15 is 0 Å². The number of amides is 3. The van der Waals surface area contributed by atoms with Crippen LogP contribution in [0.4, 0.5) is 10.5 Å². The number of hydrogen-bond acceptors (Lipinski definition) is 5. The molecule has 118 valence electrons. The van der Waals surface area contributed by atoms with Crippen LogP contribution in [-0.4, -0.2) is 29.0 Å². The molecule has 0 fully saturated rings. The van der Waals surface area contributed by atoms with Crippen molar-refractivity contribution < 1.29 is 19.1 Å². The number of hydrogen-bond donors (Lipinski definition) is 2. The molecule has 1 atom stereocenters. The topological polar surface area (TPSA) is 97.4 Å². The second kappa shape index (κ2) is 7.69. The molecular formula is C16H15N3O4. The number of nitrogens with one attached hydrogen (secondary N) is 2. The van der Waals surface area contributed by atoms with Crippen LogP contribution in [0.15, 0.2) is 54.9 Å². The minimum atomic E-state index is -1.12. The van der Waals surface area contributed by atoms with E-state index in [9.17, 15) is 14.4 Å². The molecule has 23 heavy (non-hydrogen) atoms. The van der Waals surface area contributed by atoms with Crippen LogP contribution < -0.4 is 10.6 Å². The van der Waals surface area contributed by atoms with Crippen molar-refractivity contribution in [3.63, 3.8) is 0 Å². The van der Waals surface area contributed by atoms with Crippen molar-refractivity contribution in [2.24, 2.45) is 0 Å². The van der Waals surface area contributed by atoms with Crippen molar-refractivity contribution in [1.29, 1.82) is 0 Å². The molecule has 0 spiro atoms. The van der Waals surface area contributed by atoms with Crippen molar-refractivity contribution in [1.82, 2.24) is 10.3 Å². The molecule has 0 bridgehead atoms. The third-order valence-corrected chi connectivity index (χ3v) is 2.82. The molecule has 7 nitrogen and oxygen atoms in total. The standard InChI is InChI=1S/C16H15N3O4/c1-11(23-15(21)12-6-5-9-17-10-12)14(20)19-16(22)18-13-7-3-2-4-8-13/h2-11H,1H3,(H2,18,19,20,22)/t11-/m0/s1. The van der Waals surface area contributed by atoms with E-state index in [1.165, 1.54) is 25.4 Å². The number of esters is 1. The Hall–Kier alpha value is -3.22. The van der Waals surface area contributed by atoms with E-state index in [0.29, 0.717) is 5.69 Å². The summed E-state index contributed by atoms with van der Waals surface area (Å²) < 4.78 is 4.98. The normalized spacial score (nSPS) is 11.2. The summed E-state index contributed by atoms with van der Waals surface area (Å²) in [5, 5.41) is 4.59. The van der Waals surface area contributed by atoms with Gasteiger partial charge in [-0.25, -0.2) is 9.59 Å². The van der Waals surface area contributed by atoms with E-state index in [1.807, 2.05) is 0 Å². The number of nitrogens with zero attached hydrogens (tertiary/aromatic N) is 1. The van der Waals surface area contributed by atoms with Crippen LogP contribution in [0, 0.1) is 0 Å². The van der Waals surface area contributed by atoms with Gasteiger partial charge in [-0.3, -0.25) is 15.1 Å². The number of urea groups is 1. The van der Waals surface area contributed by atoms with Crippen LogP contribution in [0.25, 0.3) is 0 Å². The first-order valence-corrected chi connectivity index (χ1v) is 6.84. The van der Waals surface area contributed by atoms with E-state index in [1.54, 1.807) is 36.4 Å². The van der Waals surface area contributed by atoms with Crippen molar-refractivity contribution in [2.45, 2.75) is 13.0 Å². The predicted molar refractivity (Wildman–Crippen MR) is 82.7 cm³/mol. The van der Waals surface area contributed by atoms with Crippen LogP contribution in [0.5, 0.6) is 0 Å². The molecule has 1 heterocycles. The zero-order chi connectivity index (χ0) is 16.7. The van der Waals surface area contributed by atoms with Gasteiger partial charge >= 0.3 is 12.0 Å². The third-order valence-electron chi connectivity index (χ3n) is 2.82. The fourth-order valence-electron chi connectivity index (χ4n) is 1.66. The van der Waals surface area contributed by atoms with Gasteiger partial charge in [-0.15, -0.1) is 0 Å². The van der Waals surface area contributed by atoms with Gasteiger partial charge in [0.05, 0.1) is 5.56 Å². The first-order valence-electron chi connectivity index (χ1n) is 6.84. The minimum Gasteiger partial charge on any atom is -0.449 e. The van der Waals surface area contributed by atoms with Crippen LogP contribution >= 0.6 is 0 Å². The van der Waals surface area contributed by atoms with Gasteiger partial charge < -0.3 is 10.1 Å². The number of ether oxygens (including phenoxy) is 1. The molecular weight excluding hydrogens is 298 g/mol. The fourth-order valence-corrected chi connectivity index (χ4v) is 1.66. The highest BCUT2D eigenvalue weighted by molar-refractivity contribution is 6.03. The fraction of sp³-hybridized carbons (Fsp3) is 0.125. The lowest BCUT2D eigenvalue weighted by atomic mass is 10.3. The first kappa shape index (κ1) is 16.2. The highest BCUT2D eigenvalue weighted by Crippen LogP contribution is 2.05. The van der Waals surface area contributed by atoms with Crippen molar-refractivity contribution in [3.8, 4) is 0 Å².